The number of methoxy groups -OCH3 is 1. The molecule has 2 aromatic rings. The van der Waals surface area contributed by atoms with E-state index in [9.17, 15) is 4.79 Å². The first-order valence-electron chi connectivity index (χ1n) is 6.17. The Labute approximate surface area is 111 Å². The number of hydrogen-bond acceptors (Lipinski definition) is 5. The maximum atomic E-state index is 11.6. The van der Waals surface area contributed by atoms with E-state index in [1.807, 2.05) is 31.2 Å². The summed E-state index contributed by atoms with van der Waals surface area (Å²) in [6, 6.07) is 7.41. The summed E-state index contributed by atoms with van der Waals surface area (Å²) in [7, 11) is 1.59. The van der Waals surface area contributed by atoms with Gasteiger partial charge in [0.15, 0.2) is 0 Å². The lowest BCUT2D eigenvalue weighted by atomic mass is 10.1. The molecule has 5 heteroatoms. The number of para-hydroxylation sites is 1. The van der Waals surface area contributed by atoms with Crippen LogP contribution in [0.5, 0.6) is 5.75 Å². The van der Waals surface area contributed by atoms with Gasteiger partial charge in [0, 0.05) is 6.42 Å². The van der Waals surface area contributed by atoms with Gasteiger partial charge in [-0.1, -0.05) is 24.2 Å². The highest BCUT2D eigenvalue weighted by molar-refractivity contribution is 5.84. The largest absolute Gasteiger partial charge is 0.496 e. The van der Waals surface area contributed by atoms with Gasteiger partial charge >= 0.3 is 0 Å². The third kappa shape index (κ3) is 2.65. The predicted molar refractivity (Wildman–Crippen MR) is 70.0 cm³/mol. The Balaban J connectivity index is 2.33. The van der Waals surface area contributed by atoms with Gasteiger partial charge < -0.3 is 9.26 Å². The molecule has 0 spiro atoms. The summed E-state index contributed by atoms with van der Waals surface area (Å²) >= 11 is 0. The van der Waals surface area contributed by atoms with Crippen LogP contribution in [0.15, 0.2) is 28.8 Å². The molecule has 1 unspecified atom stereocenters. The summed E-state index contributed by atoms with van der Waals surface area (Å²) in [4.78, 5) is 15.9. The number of nitrogens with zero attached hydrogens (tertiary/aromatic N) is 2. The molecule has 1 aromatic heterocycles. The summed E-state index contributed by atoms with van der Waals surface area (Å²) in [6.07, 6.45) is 0.452. The van der Waals surface area contributed by atoms with E-state index < -0.39 is 0 Å². The third-order valence-electron chi connectivity index (χ3n) is 2.99. The number of hydrogen-bond donors (Lipinski definition) is 0. The van der Waals surface area contributed by atoms with Crippen LogP contribution in [0.3, 0.4) is 0 Å². The number of benzene rings is 1. The molecule has 0 aliphatic rings. The van der Waals surface area contributed by atoms with Gasteiger partial charge in [-0.05, 0) is 19.1 Å². The average Bonchev–Trinajstić information content (AvgIpc) is 2.95. The Kier molecular flexibility index (Phi) is 3.94. The Bertz CT molecular complexity index is 578. The molecular weight excluding hydrogens is 244 g/mol. The number of ketones is 1. The molecule has 0 aliphatic carbocycles. The fourth-order valence-electron chi connectivity index (χ4n) is 1.79. The van der Waals surface area contributed by atoms with Crippen LogP contribution in [0.4, 0.5) is 0 Å². The van der Waals surface area contributed by atoms with Crippen LogP contribution in [0.1, 0.15) is 32.1 Å². The van der Waals surface area contributed by atoms with Crippen molar-refractivity contribution in [1.29, 1.82) is 0 Å². The van der Waals surface area contributed by atoms with Gasteiger partial charge in [0.2, 0.25) is 11.7 Å². The highest BCUT2D eigenvalue weighted by Gasteiger charge is 2.21. The first kappa shape index (κ1) is 13.3. The molecule has 100 valence electrons. The van der Waals surface area contributed by atoms with Gasteiger partial charge in [-0.3, -0.25) is 4.79 Å². The van der Waals surface area contributed by atoms with Crippen molar-refractivity contribution >= 4 is 5.78 Å². The Morgan fingerprint density at radius 1 is 1.42 bits per heavy atom. The SMILES string of the molecule is CCC(=O)C(C)c1nc(-c2ccccc2OC)no1. The molecule has 0 bridgehead atoms. The van der Waals surface area contributed by atoms with E-state index in [-0.39, 0.29) is 11.7 Å². The lowest BCUT2D eigenvalue weighted by Crippen LogP contribution is -2.07. The average molecular weight is 260 g/mol. The predicted octanol–water partition coefficient (Wildman–Crippen LogP) is 2.83. The Morgan fingerprint density at radius 2 is 2.16 bits per heavy atom. The molecule has 1 heterocycles. The van der Waals surface area contributed by atoms with Crippen molar-refractivity contribution in [1.82, 2.24) is 10.1 Å². The Hall–Kier alpha value is -2.17. The zero-order chi connectivity index (χ0) is 13.8. The monoisotopic (exact) mass is 260 g/mol. The quantitative estimate of drug-likeness (QED) is 0.827. The molecule has 0 N–H and O–H groups in total. The second-order valence-corrected chi connectivity index (χ2v) is 4.20. The molecule has 19 heavy (non-hydrogen) atoms. The van der Waals surface area contributed by atoms with Gasteiger partial charge in [0.05, 0.1) is 18.6 Å². The number of carbonyl (C=O) groups is 1. The van der Waals surface area contributed by atoms with Crippen molar-refractivity contribution in [2.24, 2.45) is 0 Å². The van der Waals surface area contributed by atoms with Crippen molar-refractivity contribution in [2.45, 2.75) is 26.2 Å². The first-order chi connectivity index (χ1) is 9.17. The zero-order valence-corrected chi connectivity index (χ0v) is 11.2. The standard InChI is InChI=1S/C14H16N2O3/c1-4-11(17)9(2)14-15-13(16-19-14)10-7-5-6-8-12(10)18-3/h5-9H,4H2,1-3H3. The summed E-state index contributed by atoms with van der Waals surface area (Å²) in [5, 5.41) is 3.91. The van der Waals surface area contributed by atoms with Crippen molar-refractivity contribution in [2.75, 3.05) is 7.11 Å². The molecule has 1 aromatic carbocycles. The summed E-state index contributed by atoms with van der Waals surface area (Å²) in [5.41, 5.74) is 0.746. The van der Waals surface area contributed by atoms with Crippen LogP contribution in [0.25, 0.3) is 11.4 Å². The molecule has 2 rings (SSSR count). The number of Topliss-reactive ketones (excluding diaryl/α,β-unsaturated/α-hetero) is 1. The van der Waals surface area contributed by atoms with E-state index in [1.54, 1.807) is 14.0 Å². The van der Waals surface area contributed by atoms with E-state index in [0.717, 1.165) is 5.56 Å². The van der Waals surface area contributed by atoms with Crippen molar-refractivity contribution < 1.29 is 14.1 Å². The summed E-state index contributed by atoms with van der Waals surface area (Å²) in [5.74, 6) is 1.15. The lowest BCUT2D eigenvalue weighted by Gasteiger charge is -2.03. The zero-order valence-electron chi connectivity index (χ0n) is 11.2. The van der Waals surface area contributed by atoms with Crippen LogP contribution in [0.2, 0.25) is 0 Å². The summed E-state index contributed by atoms with van der Waals surface area (Å²) in [6.45, 7) is 3.59. The number of ether oxygens (including phenoxy) is 1. The van der Waals surface area contributed by atoms with Crippen LogP contribution < -0.4 is 4.74 Å². The minimum Gasteiger partial charge on any atom is -0.496 e. The van der Waals surface area contributed by atoms with E-state index in [4.69, 9.17) is 9.26 Å². The fraction of sp³-hybridized carbons (Fsp3) is 0.357. The van der Waals surface area contributed by atoms with Gasteiger partial charge in [-0.25, -0.2) is 0 Å². The van der Waals surface area contributed by atoms with Crippen molar-refractivity contribution in [3.8, 4) is 17.1 Å². The van der Waals surface area contributed by atoms with Gasteiger partial charge in [0.1, 0.15) is 11.5 Å². The fourth-order valence-corrected chi connectivity index (χ4v) is 1.79. The molecular formula is C14H16N2O3. The Morgan fingerprint density at radius 3 is 2.84 bits per heavy atom. The van der Waals surface area contributed by atoms with Crippen molar-refractivity contribution in [3.05, 3.63) is 30.2 Å². The second kappa shape index (κ2) is 5.65. The molecule has 0 amide bonds. The van der Waals surface area contributed by atoms with Crippen molar-refractivity contribution in [3.63, 3.8) is 0 Å². The molecule has 1 atom stereocenters. The van der Waals surface area contributed by atoms with Crippen LogP contribution in [0, 0.1) is 0 Å². The third-order valence-corrected chi connectivity index (χ3v) is 2.99. The van der Waals surface area contributed by atoms with Gasteiger partial charge in [0.25, 0.3) is 0 Å². The van der Waals surface area contributed by atoms with Crippen LogP contribution in [-0.2, 0) is 4.79 Å². The molecule has 0 radical (unpaired) electrons. The maximum absolute atomic E-state index is 11.6. The highest BCUT2D eigenvalue weighted by atomic mass is 16.5. The van der Waals surface area contributed by atoms with Crippen LogP contribution in [-0.4, -0.2) is 23.0 Å². The molecule has 0 saturated heterocycles. The minimum absolute atomic E-state index is 0.0789. The second-order valence-electron chi connectivity index (χ2n) is 4.20. The number of carbonyl (C=O) groups excluding carboxylic acids is 1. The van der Waals surface area contributed by atoms with Crippen LogP contribution >= 0.6 is 0 Å². The van der Waals surface area contributed by atoms with E-state index >= 15 is 0 Å². The molecule has 5 nitrogen and oxygen atoms in total. The lowest BCUT2D eigenvalue weighted by molar-refractivity contribution is -0.120. The summed E-state index contributed by atoms with van der Waals surface area (Å²) < 4.78 is 10.4. The minimum atomic E-state index is -0.374. The van der Waals surface area contributed by atoms with E-state index in [1.165, 1.54) is 0 Å². The maximum Gasteiger partial charge on any atom is 0.237 e. The normalized spacial score (nSPS) is 12.2. The van der Waals surface area contributed by atoms with Gasteiger partial charge in [-0.2, -0.15) is 4.98 Å². The topological polar surface area (TPSA) is 65.2 Å². The number of aromatic nitrogens is 2. The number of rotatable bonds is 5. The van der Waals surface area contributed by atoms with E-state index in [2.05, 4.69) is 10.1 Å². The molecule has 0 fully saturated rings. The molecule has 0 saturated carbocycles. The highest BCUT2D eigenvalue weighted by Crippen LogP contribution is 2.28. The van der Waals surface area contributed by atoms with E-state index in [0.29, 0.717) is 23.9 Å². The van der Waals surface area contributed by atoms with Gasteiger partial charge in [-0.15, -0.1) is 0 Å². The molecule has 0 aliphatic heterocycles. The smallest absolute Gasteiger partial charge is 0.237 e. The first-order valence-corrected chi connectivity index (χ1v) is 6.17.